The number of carbonyl (C=O) groups excluding carboxylic acids is 2. The molecule has 1 amide bonds. The van der Waals surface area contributed by atoms with E-state index in [4.69, 9.17) is 0 Å². The lowest BCUT2D eigenvalue weighted by Gasteiger charge is -2.32. The van der Waals surface area contributed by atoms with Crippen molar-refractivity contribution in [2.24, 2.45) is 0 Å². The van der Waals surface area contributed by atoms with Gasteiger partial charge in [0.05, 0.1) is 4.90 Å². The van der Waals surface area contributed by atoms with E-state index >= 15 is 0 Å². The summed E-state index contributed by atoms with van der Waals surface area (Å²) in [4.78, 5) is 24.2. The Bertz CT molecular complexity index is 1010. The Hall–Kier alpha value is -2.51. The minimum Gasteiger partial charge on any atom is -0.322 e. The molecule has 0 heterocycles. The molecule has 0 spiro atoms. The number of amides is 1. The SMILES string of the molecule is CCN(C1CCCCC1)S(=O)(=O)c1ccc(C(=O)Nc2cccc(C(C)=O)c2)cc1. The molecular weight excluding hydrogens is 400 g/mol. The van der Waals surface area contributed by atoms with E-state index in [1.807, 2.05) is 6.92 Å². The zero-order valence-electron chi connectivity index (χ0n) is 17.4. The van der Waals surface area contributed by atoms with Gasteiger partial charge in [-0.15, -0.1) is 0 Å². The third kappa shape index (κ3) is 4.96. The van der Waals surface area contributed by atoms with Crippen LogP contribution in [0.3, 0.4) is 0 Å². The fourth-order valence-corrected chi connectivity index (χ4v) is 5.62. The summed E-state index contributed by atoms with van der Waals surface area (Å²) in [6, 6.07) is 12.8. The Balaban J connectivity index is 1.75. The second kappa shape index (κ2) is 9.53. The summed E-state index contributed by atoms with van der Waals surface area (Å²) in [5.41, 5.74) is 1.37. The van der Waals surface area contributed by atoms with Crippen molar-refractivity contribution in [1.82, 2.24) is 4.31 Å². The van der Waals surface area contributed by atoms with Crippen LogP contribution in [-0.4, -0.2) is 37.0 Å². The highest BCUT2D eigenvalue weighted by Crippen LogP contribution is 2.27. The smallest absolute Gasteiger partial charge is 0.255 e. The molecule has 1 aliphatic carbocycles. The van der Waals surface area contributed by atoms with Gasteiger partial charge in [0.25, 0.3) is 5.91 Å². The third-order valence-corrected chi connectivity index (χ3v) is 7.59. The molecule has 0 aliphatic heterocycles. The van der Waals surface area contributed by atoms with Crippen LogP contribution in [0.25, 0.3) is 0 Å². The second-order valence-electron chi connectivity index (χ2n) is 7.62. The molecule has 1 saturated carbocycles. The van der Waals surface area contributed by atoms with E-state index in [-0.39, 0.29) is 22.6 Å². The summed E-state index contributed by atoms with van der Waals surface area (Å²) in [5.74, 6) is -0.446. The van der Waals surface area contributed by atoms with Gasteiger partial charge in [-0.2, -0.15) is 4.31 Å². The van der Waals surface area contributed by atoms with Gasteiger partial charge in [-0.1, -0.05) is 38.3 Å². The first-order valence-corrected chi connectivity index (χ1v) is 11.8. The number of rotatable bonds is 7. The summed E-state index contributed by atoms with van der Waals surface area (Å²) in [6.45, 7) is 3.76. The predicted octanol–water partition coefficient (Wildman–Crippen LogP) is 4.48. The molecule has 0 bridgehead atoms. The van der Waals surface area contributed by atoms with Crippen LogP contribution in [0.2, 0.25) is 0 Å². The molecule has 3 rings (SSSR count). The highest BCUT2D eigenvalue weighted by Gasteiger charge is 2.31. The van der Waals surface area contributed by atoms with Crippen LogP contribution in [0, 0.1) is 0 Å². The van der Waals surface area contributed by atoms with Crippen LogP contribution < -0.4 is 5.32 Å². The summed E-state index contributed by atoms with van der Waals surface area (Å²) in [7, 11) is -3.60. The molecule has 6 nitrogen and oxygen atoms in total. The van der Waals surface area contributed by atoms with E-state index in [1.165, 1.54) is 31.2 Å². The zero-order chi connectivity index (χ0) is 21.7. The van der Waals surface area contributed by atoms with Gasteiger partial charge in [-0.05, 0) is 56.2 Å². The van der Waals surface area contributed by atoms with Crippen molar-refractivity contribution in [3.05, 3.63) is 59.7 Å². The quantitative estimate of drug-likeness (QED) is 0.659. The molecule has 30 heavy (non-hydrogen) atoms. The van der Waals surface area contributed by atoms with E-state index in [0.717, 1.165) is 32.1 Å². The Morgan fingerprint density at radius 1 is 1.00 bits per heavy atom. The molecule has 2 aromatic rings. The van der Waals surface area contributed by atoms with E-state index < -0.39 is 10.0 Å². The number of Topliss-reactive ketones (excluding diaryl/α,β-unsaturated/α-hetero) is 1. The Morgan fingerprint density at radius 2 is 1.67 bits per heavy atom. The van der Waals surface area contributed by atoms with Crippen molar-refractivity contribution in [2.45, 2.75) is 56.9 Å². The topological polar surface area (TPSA) is 83.6 Å². The number of anilines is 1. The van der Waals surface area contributed by atoms with Gasteiger partial charge in [0, 0.05) is 29.4 Å². The fourth-order valence-electron chi connectivity index (χ4n) is 3.93. The maximum atomic E-state index is 13.1. The number of sulfonamides is 1. The number of hydrogen-bond donors (Lipinski definition) is 1. The average molecular weight is 429 g/mol. The lowest BCUT2D eigenvalue weighted by atomic mass is 9.95. The Morgan fingerprint density at radius 3 is 2.27 bits per heavy atom. The molecule has 0 radical (unpaired) electrons. The summed E-state index contributed by atoms with van der Waals surface area (Å²) < 4.78 is 27.9. The lowest BCUT2D eigenvalue weighted by Crippen LogP contribution is -2.41. The minimum absolute atomic E-state index is 0.0466. The van der Waals surface area contributed by atoms with Crippen molar-refractivity contribution in [1.29, 1.82) is 0 Å². The van der Waals surface area contributed by atoms with Crippen LogP contribution in [0.15, 0.2) is 53.4 Å². The maximum absolute atomic E-state index is 13.1. The van der Waals surface area contributed by atoms with Gasteiger partial charge >= 0.3 is 0 Å². The van der Waals surface area contributed by atoms with Crippen LogP contribution in [0.4, 0.5) is 5.69 Å². The van der Waals surface area contributed by atoms with Gasteiger partial charge in [0.2, 0.25) is 10.0 Å². The second-order valence-corrected chi connectivity index (χ2v) is 9.51. The van der Waals surface area contributed by atoms with E-state index in [0.29, 0.717) is 23.4 Å². The molecule has 1 N–H and O–H groups in total. The highest BCUT2D eigenvalue weighted by atomic mass is 32.2. The largest absolute Gasteiger partial charge is 0.322 e. The molecule has 2 aromatic carbocycles. The normalized spacial score (nSPS) is 15.2. The van der Waals surface area contributed by atoms with Gasteiger partial charge in [-0.25, -0.2) is 8.42 Å². The fraction of sp³-hybridized carbons (Fsp3) is 0.391. The van der Waals surface area contributed by atoms with E-state index in [9.17, 15) is 18.0 Å². The molecular formula is C23H28N2O4S. The zero-order valence-corrected chi connectivity index (χ0v) is 18.2. The predicted molar refractivity (Wildman–Crippen MR) is 117 cm³/mol. The van der Waals surface area contributed by atoms with Gasteiger partial charge < -0.3 is 5.32 Å². The molecule has 0 unspecified atom stereocenters. The summed E-state index contributed by atoms with van der Waals surface area (Å²) >= 11 is 0. The maximum Gasteiger partial charge on any atom is 0.255 e. The number of hydrogen-bond acceptors (Lipinski definition) is 4. The molecule has 1 aliphatic rings. The molecule has 0 atom stereocenters. The first-order valence-electron chi connectivity index (χ1n) is 10.4. The van der Waals surface area contributed by atoms with Crippen LogP contribution >= 0.6 is 0 Å². The van der Waals surface area contributed by atoms with Crippen LogP contribution in [0.5, 0.6) is 0 Å². The van der Waals surface area contributed by atoms with Gasteiger partial charge in [0.1, 0.15) is 0 Å². The van der Waals surface area contributed by atoms with E-state index in [2.05, 4.69) is 5.32 Å². The number of nitrogens with one attached hydrogen (secondary N) is 1. The first-order chi connectivity index (χ1) is 14.3. The van der Waals surface area contributed by atoms with E-state index in [1.54, 1.807) is 28.6 Å². The third-order valence-electron chi connectivity index (χ3n) is 5.54. The number of benzene rings is 2. The lowest BCUT2D eigenvalue weighted by molar-refractivity contribution is 0.101. The molecule has 1 fully saturated rings. The highest BCUT2D eigenvalue weighted by molar-refractivity contribution is 7.89. The molecule has 0 aromatic heterocycles. The van der Waals surface area contributed by atoms with Crippen LogP contribution in [-0.2, 0) is 10.0 Å². The average Bonchev–Trinajstić information content (AvgIpc) is 2.75. The van der Waals surface area contributed by atoms with Gasteiger partial charge in [0.15, 0.2) is 5.78 Å². The van der Waals surface area contributed by atoms with Crippen molar-refractivity contribution >= 4 is 27.4 Å². The number of ketones is 1. The minimum atomic E-state index is -3.60. The summed E-state index contributed by atoms with van der Waals surface area (Å²) in [6.07, 6.45) is 5.06. The Kier molecular flexibility index (Phi) is 7.05. The Labute approximate surface area is 178 Å². The van der Waals surface area contributed by atoms with Gasteiger partial charge in [-0.3, -0.25) is 9.59 Å². The van der Waals surface area contributed by atoms with Crippen LogP contribution in [0.1, 0.15) is 66.7 Å². The van der Waals surface area contributed by atoms with Crippen molar-refractivity contribution in [3.8, 4) is 0 Å². The standard InChI is InChI=1S/C23H28N2O4S/c1-3-25(21-10-5-4-6-11-21)30(28,29)22-14-12-18(13-15-22)23(27)24-20-9-7-8-19(16-20)17(2)26/h7-9,12-16,21H,3-6,10-11H2,1-2H3,(H,24,27). The first kappa shape index (κ1) is 22.2. The number of nitrogens with zero attached hydrogens (tertiary/aromatic N) is 1. The molecule has 7 heteroatoms. The molecule has 160 valence electrons. The van der Waals surface area contributed by atoms with Crippen molar-refractivity contribution < 1.29 is 18.0 Å². The van der Waals surface area contributed by atoms with Crippen molar-refractivity contribution in [2.75, 3.05) is 11.9 Å². The van der Waals surface area contributed by atoms with Crippen molar-refractivity contribution in [3.63, 3.8) is 0 Å². The summed E-state index contributed by atoms with van der Waals surface area (Å²) in [5, 5.41) is 2.75. The molecule has 0 saturated heterocycles. The number of carbonyl (C=O) groups is 2. The monoisotopic (exact) mass is 428 g/mol.